The lowest BCUT2D eigenvalue weighted by atomic mass is 10.00. The number of hydrogen-bond acceptors (Lipinski definition) is 12. The molecule has 0 amide bonds. The summed E-state index contributed by atoms with van der Waals surface area (Å²) in [7, 11) is 0. The molecule has 0 spiro atoms. The summed E-state index contributed by atoms with van der Waals surface area (Å²) in [6.07, 6.45) is 6.43. The highest BCUT2D eigenvalue weighted by Gasteiger charge is 2.39. The van der Waals surface area contributed by atoms with Crippen LogP contribution in [-0.2, 0) is 62.4 Å². The summed E-state index contributed by atoms with van der Waals surface area (Å²) in [6.45, 7) is 11.7. The molecule has 40 heavy (non-hydrogen) atoms. The van der Waals surface area contributed by atoms with Crippen LogP contribution in [0.25, 0.3) is 0 Å². The fourth-order valence-electron chi connectivity index (χ4n) is 3.92. The van der Waals surface area contributed by atoms with Crippen molar-refractivity contribution >= 4 is 69.2 Å². The first kappa shape index (κ1) is 36.6. The Bertz CT molecular complexity index is 884. The number of carbonyl (C=O) groups excluding carboxylic acids is 1. The number of hydrogen-bond donors (Lipinski definition) is 1. The molecule has 0 bridgehead atoms. The topological polar surface area (TPSA) is 84.5 Å². The fraction of sp³-hybridized carbons (Fsp3) is 0.731. The maximum Gasteiger partial charge on any atom is 0.249 e. The van der Waals surface area contributed by atoms with Crippen molar-refractivity contribution < 1.29 is 32.4 Å². The Kier molecular flexibility index (Phi) is 18.7. The standard InChI is InChI=1S/C12H26O6P2S4.C8H9N.C6H10O/c1-5-15-19(21,16-6-2)23-11-12(14-10-9-13-11)24-20(22,17-7-3)18-8-4;1-2-4-8-7(3-1)5-6-9-8;7-6-4-2-1-3-5-6/h11-12H,5-10H2,1-4H3;1-4,9H,5-6H2;1-5H2. The molecule has 1 saturated carbocycles. The third-order valence-electron chi connectivity index (χ3n) is 5.62. The molecule has 2 unspecified atom stereocenters. The highest BCUT2D eigenvalue weighted by molar-refractivity contribution is 8.69. The van der Waals surface area contributed by atoms with Crippen LogP contribution in [-0.4, -0.2) is 62.8 Å². The lowest BCUT2D eigenvalue weighted by Gasteiger charge is -2.35. The number of ketones is 1. The Balaban J connectivity index is 0.000000278. The molecule has 2 aliphatic heterocycles. The normalized spacial score (nSPS) is 20.9. The molecule has 1 aliphatic carbocycles. The molecule has 0 aromatic heterocycles. The van der Waals surface area contributed by atoms with Gasteiger partial charge < -0.3 is 32.9 Å². The number of nitrogens with one attached hydrogen (secondary N) is 1. The van der Waals surface area contributed by atoms with Crippen LogP contribution in [0, 0.1) is 0 Å². The Labute approximate surface area is 258 Å². The molecule has 2 heterocycles. The highest BCUT2D eigenvalue weighted by Crippen LogP contribution is 2.68. The molecule has 8 nitrogen and oxygen atoms in total. The maximum atomic E-state index is 10.5. The first-order valence-electron chi connectivity index (χ1n) is 14.0. The smallest absolute Gasteiger partial charge is 0.249 e. The lowest BCUT2D eigenvalue weighted by molar-refractivity contribution is -0.120. The predicted octanol–water partition coefficient (Wildman–Crippen LogP) is 7.92. The molecule has 1 saturated heterocycles. The quantitative estimate of drug-likeness (QED) is 0.219. The van der Waals surface area contributed by atoms with Gasteiger partial charge in [0.15, 0.2) is 0 Å². The second-order valence-electron chi connectivity index (χ2n) is 8.69. The minimum atomic E-state index is -2.49. The summed E-state index contributed by atoms with van der Waals surface area (Å²) in [6, 6.07) is 8.46. The Morgan fingerprint density at radius 1 is 0.800 bits per heavy atom. The van der Waals surface area contributed by atoms with Crippen LogP contribution in [0.1, 0.15) is 65.4 Å². The van der Waals surface area contributed by atoms with Crippen molar-refractivity contribution in [1.29, 1.82) is 0 Å². The van der Waals surface area contributed by atoms with Crippen LogP contribution in [0.3, 0.4) is 0 Å². The Hall–Kier alpha value is 0.450. The van der Waals surface area contributed by atoms with E-state index in [4.69, 9.17) is 51.2 Å². The van der Waals surface area contributed by atoms with Crippen molar-refractivity contribution in [3.05, 3.63) is 29.8 Å². The number of fused-ring (bicyclic) bond motifs is 1. The molecule has 1 aromatic carbocycles. The van der Waals surface area contributed by atoms with Crippen LogP contribution < -0.4 is 5.32 Å². The van der Waals surface area contributed by atoms with Gasteiger partial charge in [-0.05, 0) is 105 Å². The van der Waals surface area contributed by atoms with Crippen molar-refractivity contribution in [3.63, 3.8) is 0 Å². The van der Waals surface area contributed by atoms with Crippen LogP contribution in [0.4, 0.5) is 5.69 Å². The minimum Gasteiger partial charge on any atom is -0.384 e. The van der Waals surface area contributed by atoms with E-state index in [0.717, 1.165) is 32.2 Å². The van der Waals surface area contributed by atoms with E-state index in [1.807, 2.05) is 27.7 Å². The van der Waals surface area contributed by atoms with Crippen LogP contribution in [0.5, 0.6) is 0 Å². The third-order valence-corrected chi connectivity index (χ3v) is 16.7. The fourth-order valence-corrected chi connectivity index (χ4v) is 14.9. The molecule has 1 aromatic rings. The number of ether oxygens (including phenoxy) is 2. The molecular weight excluding hydrogens is 629 g/mol. The van der Waals surface area contributed by atoms with Gasteiger partial charge in [-0.2, -0.15) is 0 Å². The van der Waals surface area contributed by atoms with Gasteiger partial charge in [0.2, 0.25) is 11.4 Å². The highest BCUT2D eigenvalue weighted by atomic mass is 32.9. The van der Waals surface area contributed by atoms with E-state index in [1.54, 1.807) is 0 Å². The molecule has 0 radical (unpaired) electrons. The van der Waals surface area contributed by atoms with Gasteiger partial charge in [-0.3, -0.25) is 4.79 Å². The predicted molar refractivity (Wildman–Crippen MR) is 176 cm³/mol. The maximum absolute atomic E-state index is 10.5. The van der Waals surface area contributed by atoms with E-state index in [1.165, 1.54) is 46.9 Å². The van der Waals surface area contributed by atoms with Crippen LogP contribution in [0.15, 0.2) is 24.3 Å². The summed E-state index contributed by atoms with van der Waals surface area (Å²) in [4.78, 5) is 10.5. The summed E-state index contributed by atoms with van der Waals surface area (Å²) in [5, 5.41) is 3.30. The number of carbonyl (C=O) groups is 1. The Morgan fingerprint density at radius 3 is 1.68 bits per heavy atom. The van der Waals surface area contributed by atoms with Gasteiger partial charge in [-0.15, -0.1) is 0 Å². The Morgan fingerprint density at radius 2 is 1.27 bits per heavy atom. The average Bonchev–Trinajstić information content (AvgIpc) is 3.41. The molecule has 14 heteroatoms. The lowest BCUT2D eigenvalue weighted by Crippen LogP contribution is -2.34. The SMILES string of the molecule is CCOP(=S)(OCC)SC1OCCOC1SP(=S)(OCC)OCC.O=C1CCCCC1.c1ccc2c(c1)CCN2. The van der Waals surface area contributed by atoms with E-state index in [0.29, 0.717) is 45.4 Å². The number of benzene rings is 1. The van der Waals surface area contributed by atoms with Gasteiger partial charge in [-0.25, -0.2) is 0 Å². The zero-order chi connectivity index (χ0) is 29.3. The molecule has 2 fully saturated rings. The summed E-state index contributed by atoms with van der Waals surface area (Å²) in [5.74, 6) is 0.464. The monoisotopic (exact) mass is 673 g/mol. The van der Waals surface area contributed by atoms with Gasteiger partial charge in [0.1, 0.15) is 16.7 Å². The van der Waals surface area contributed by atoms with Crippen molar-refractivity contribution in [2.75, 3.05) is 51.5 Å². The van der Waals surface area contributed by atoms with Crippen molar-refractivity contribution in [3.8, 4) is 0 Å². The average molecular weight is 674 g/mol. The summed E-state index contributed by atoms with van der Waals surface area (Å²) >= 11 is 13.9. The number of anilines is 1. The number of Topliss-reactive ketones (excluding diaryl/α,β-unsaturated/α-hetero) is 1. The van der Waals surface area contributed by atoms with E-state index < -0.39 is 11.4 Å². The minimum absolute atomic E-state index is 0.337. The molecule has 2 atom stereocenters. The molecule has 3 aliphatic rings. The molecule has 230 valence electrons. The van der Waals surface area contributed by atoms with E-state index in [9.17, 15) is 4.79 Å². The van der Waals surface area contributed by atoms with Crippen LogP contribution >= 0.6 is 34.2 Å². The van der Waals surface area contributed by atoms with Gasteiger partial charge in [0, 0.05) is 25.1 Å². The first-order valence-corrected chi connectivity index (χ1v) is 22.2. The second kappa shape index (κ2) is 20.4. The van der Waals surface area contributed by atoms with Gasteiger partial charge in [-0.1, -0.05) is 24.6 Å². The third kappa shape index (κ3) is 13.8. The van der Waals surface area contributed by atoms with Gasteiger partial charge in [0.25, 0.3) is 0 Å². The zero-order valence-corrected chi connectivity index (χ0v) is 29.1. The molecule has 1 N–H and O–H groups in total. The number of para-hydroxylation sites is 1. The summed E-state index contributed by atoms with van der Waals surface area (Å²) < 4.78 is 34.5. The summed E-state index contributed by atoms with van der Waals surface area (Å²) in [5.41, 5.74) is -2.89. The van der Waals surface area contributed by atoms with E-state index in [2.05, 4.69) is 29.6 Å². The van der Waals surface area contributed by atoms with Crippen molar-refractivity contribution in [2.45, 2.75) is 77.1 Å². The van der Waals surface area contributed by atoms with Crippen LogP contribution in [0.2, 0.25) is 0 Å². The van der Waals surface area contributed by atoms with Gasteiger partial charge in [0.05, 0.1) is 39.6 Å². The molecular formula is C26H45NO7P2S4. The largest absolute Gasteiger partial charge is 0.384 e. The van der Waals surface area contributed by atoms with Gasteiger partial charge >= 0.3 is 0 Å². The van der Waals surface area contributed by atoms with Crippen molar-refractivity contribution in [1.82, 2.24) is 0 Å². The van der Waals surface area contributed by atoms with E-state index >= 15 is 0 Å². The number of rotatable bonds is 12. The van der Waals surface area contributed by atoms with Crippen molar-refractivity contribution in [2.24, 2.45) is 0 Å². The second-order valence-corrected chi connectivity index (χ2v) is 21.3. The zero-order valence-electron chi connectivity index (χ0n) is 24.0. The molecule has 4 rings (SSSR count). The van der Waals surface area contributed by atoms with E-state index in [-0.39, 0.29) is 10.9 Å². The first-order chi connectivity index (χ1) is 19.3.